The number of alkyl halides is 3. The van der Waals surface area contributed by atoms with Crippen molar-refractivity contribution in [2.75, 3.05) is 25.3 Å². The highest BCUT2D eigenvalue weighted by Crippen LogP contribution is 2.34. The summed E-state index contributed by atoms with van der Waals surface area (Å²) < 4.78 is 49.1. The second-order valence-corrected chi connectivity index (χ2v) is 8.69. The predicted octanol–water partition coefficient (Wildman–Crippen LogP) is 3.13. The highest BCUT2D eigenvalue weighted by atomic mass is 32.1. The molecule has 3 aromatic rings. The number of Topliss-reactive ketones (excluding diaryl/α,β-unsaturated/α-hetero) is 1. The van der Waals surface area contributed by atoms with E-state index in [0.29, 0.717) is 17.3 Å². The number of amides is 1. The molecule has 0 fully saturated rings. The molecular formula is C22H19F3N6O6S. The standard InChI is InChI=1S/C22H19F3N6O6S/c1-9(4-12(32)16-15(21(35)37-3)17(26)30-8-29-16)19-28-7-13(38-19)18(33)31-14-5-11(22(23,24)25)10(6-27-14)20(34)36-2/h5-9H,4H2,1-3H3,(H2,26,29,30)(H,27,31,33). The number of nitrogens with two attached hydrogens (primary N) is 1. The van der Waals surface area contributed by atoms with Gasteiger partial charge in [0.25, 0.3) is 5.91 Å². The molecule has 3 aromatic heterocycles. The van der Waals surface area contributed by atoms with E-state index in [1.54, 1.807) is 6.92 Å². The number of aromatic nitrogens is 4. The van der Waals surface area contributed by atoms with Gasteiger partial charge in [-0.15, -0.1) is 11.3 Å². The van der Waals surface area contributed by atoms with Crippen LogP contribution in [0.4, 0.5) is 24.8 Å². The molecular weight excluding hydrogens is 533 g/mol. The summed E-state index contributed by atoms with van der Waals surface area (Å²) in [4.78, 5) is 64.4. The van der Waals surface area contributed by atoms with Crippen molar-refractivity contribution in [3.8, 4) is 0 Å². The number of carbonyl (C=O) groups is 4. The van der Waals surface area contributed by atoms with Gasteiger partial charge in [0, 0.05) is 18.5 Å². The largest absolute Gasteiger partial charge is 0.465 e. The Labute approximate surface area is 216 Å². The lowest BCUT2D eigenvalue weighted by molar-refractivity contribution is -0.138. The van der Waals surface area contributed by atoms with Gasteiger partial charge in [-0.1, -0.05) is 6.92 Å². The number of pyridine rings is 1. The number of methoxy groups -OCH3 is 2. The van der Waals surface area contributed by atoms with Gasteiger partial charge >= 0.3 is 18.1 Å². The van der Waals surface area contributed by atoms with E-state index < -0.39 is 52.7 Å². The molecule has 200 valence electrons. The molecule has 1 atom stereocenters. The van der Waals surface area contributed by atoms with Crippen molar-refractivity contribution in [1.29, 1.82) is 0 Å². The Hall–Kier alpha value is -4.47. The van der Waals surface area contributed by atoms with Crippen LogP contribution < -0.4 is 11.1 Å². The van der Waals surface area contributed by atoms with Crippen molar-refractivity contribution in [3.63, 3.8) is 0 Å². The lowest BCUT2D eigenvalue weighted by Gasteiger charge is -2.12. The van der Waals surface area contributed by atoms with Gasteiger partial charge in [0.05, 0.1) is 36.6 Å². The third-order valence-corrected chi connectivity index (χ3v) is 6.27. The number of hydrogen-bond donors (Lipinski definition) is 2. The fourth-order valence-electron chi connectivity index (χ4n) is 3.21. The van der Waals surface area contributed by atoms with Crippen molar-refractivity contribution in [2.24, 2.45) is 0 Å². The second kappa shape index (κ2) is 11.3. The summed E-state index contributed by atoms with van der Waals surface area (Å²) in [5, 5.41) is 2.58. The SMILES string of the molecule is COC(=O)c1cnc(NC(=O)c2cnc(C(C)CC(=O)c3ncnc(N)c3C(=O)OC)s2)cc1C(F)(F)F. The molecule has 0 spiro atoms. The van der Waals surface area contributed by atoms with Crippen LogP contribution in [0.25, 0.3) is 0 Å². The molecule has 0 radical (unpaired) electrons. The first-order chi connectivity index (χ1) is 17.9. The van der Waals surface area contributed by atoms with E-state index in [-0.39, 0.29) is 28.4 Å². The maximum Gasteiger partial charge on any atom is 0.417 e. The summed E-state index contributed by atoms with van der Waals surface area (Å²) >= 11 is 0.897. The zero-order chi connectivity index (χ0) is 28.2. The monoisotopic (exact) mass is 552 g/mol. The number of ether oxygens (including phenoxy) is 2. The second-order valence-electron chi connectivity index (χ2n) is 7.62. The summed E-state index contributed by atoms with van der Waals surface area (Å²) in [6.07, 6.45) is -2.21. The van der Waals surface area contributed by atoms with E-state index in [1.807, 2.05) is 0 Å². The fourth-order valence-corrected chi connectivity index (χ4v) is 4.07. The first kappa shape index (κ1) is 28.1. The number of halogens is 3. The molecule has 0 bridgehead atoms. The molecule has 3 rings (SSSR count). The average Bonchev–Trinajstić information content (AvgIpc) is 3.38. The summed E-state index contributed by atoms with van der Waals surface area (Å²) in [5.41, 5.74) is 3.06. The van der Waals surface area contributed by atoms with Crippen molar-refractivity contribution >= 4 is 46.6 Å². The Balaban J connectivity index is 1.76. The summed E-state index contributed by atoms with van der Waals surface area (Å²) in [7, 11) is 2.04. The minimum atomic E-state index is -4.91. The van der Waals surface area contributed by atoms with Gasteiger partial charge < -0.3 is 20.5 Å². The van der Waals surface area contributed by atoms with Gasteiger partial charge in [0.15, 0.2) is 5.78 Å². The van der Waals surface area contributed by atoms with E-state index in [4.69, 9.17) is 5.73 Å². The topological polar surface area (TPSA) is 176 Å². The van der Waals surface area contributed by atoms with Crippen molar-refractivity contribution in [1.82, 2.24) is 19.9 Å². The van der Waals surface area contributed by atoms with Crippen LogP contribution in [-0.2, 0) is 15.7 Å². The number of nitrogens with zero attached hydrogens (tertiary/aromatic N) is 4. The van der Waals surface area contributed by atoms with Crippen molar-refractivity contribution < 1.29 is 41.8 Å². The van der Waals surface area contributed by atoms with Gasteiger partial charge in [-0.25, -0.2) is 29.5 Å². The third-order valence-electron chi connectivity index (χ3n) is 5.05. The number of rotatable bonds is 8. The van der Waals surface area contributed by atoms with Gasteiger partial charge in [-0.3, -0.25) is 9.59 Å². The highest BCUT2D eigenvalue weighted by Gasteiger charge is 2.36. The zero-order valence-electron chi connectivity index (χ0n) is 20.0. The van der Waals surface area contributed by atoms with Gasteiger partial charge in [0.2, 0.25) is 0 Å². The van der Waals surface area contributed by atoms with Crippen LogP contribution in [0, 0.1) is 0 Å². The Morgan fingerprint density at radius 2 is 1.74 bits per heavy atom. The molecule has 1 unspecified atom stereocenters. The summed E-state index contributed by atoms with van der Waals surface area (Å²) in [6.45, 7) is 1.64. The predicted molar refractivity (Wildman–Crippen MR) is 126 cm³/mol. The fraction of sp³-hybridized carbons (Fsp3) is 0.273. The first-order valence-corrected chi connectivity index (χ1v) is 11.3. The maximum absolute atomic E-state index is 13.4. The maximum atomic E-state index is 13.4. The Bertz CT molecular complexity index is 1410. The number of esters is 2. The Morgan fingerprint density at radius 1 is 1.05 bits per heavy atom. The number of carbonyl (C=O) groups excluding carboxylic acids is 4. The van der Waals surface area contributed by atoms with Crippen molar-refractivity contribution in [2.45, 2.75) is 25.4 Å². The van der Waals surface area contributed by atoms with Crippen LogP contribution in [0.5, 0.6) is 0 Å². The number of nitrogens with one attached hydrogen (secondary N) is 1. The van der Waals surface area contributed by atoms with Crippen LogP contribution in [-0.4, -0.2) is 57.8 Å². The molecule has 16 heteroatoms. The Kier molecular flexibility index (Phi) is 8.35. The molecule has 0 aliphatic rings. The minimum Gasteiger partial charge on any atom is -0.465 e. The molecule has 0 saturated heterocycles. The number of ketones is 1. The molecule has 38 heavy (non-hydrogen) atoms. The van der Waals surface area contributed by atoms with E-state index in [2.05, 4.69) is 34.7 Å². The van der Waals surface area contributed by atoms with Gasteiger partial charge in [0.1, 0.15) is 34.1 Å². The summed E-state index contributed by atoms with van der Waals surface area (Å²) in [5.74, 6) is -4.69. The average molecular weight is 552 g/mol. The van der Waals surface area contributed by atoms with Gasteiger partial charge in [-0.2, -0.15) is 13.2 Å². The molecule has 12 nitrogen and oxygen atoms in total. The lowest BCUT2D eigenvalue weighted by Crippen LogP contribution is -2.17. The molecule has 3 heterocycles. The third kappa shape index (κ3) is 6.08. The molecule has 0 aliphatic carbocycles. The molecule has 0 aromatic carbocycles. The number of nitrogen functional groups attached to an aromatic ring is 1. The highest BCUT2D eigenvalue weighted by molar-refractivity contribution is 7.13. The minimum absolute atomic E-state index is 0.0215. The normalized spacial score (nSPS) is 11.9. The van der Waals surface area contributed by atoms with Crippen molar-refractivity contribution in [3.05, 3.63) is 57.1 Å². The summed E-state index contributed by atoms with van der Waals surface area (Å²) in [6, 6.07) is 0.514. The van der Waals surface area contributed by atoms with Crippen LogP contribution in [0.1, 0.15) is 70.7 Å². The van der Waals surface area contributed by atoms with E-state index in [0.717, 1.165) is 31.9 Å². The van der Waals surface area contributed by atoms with E-state index in [1.165, 1.54) is 6.20 Å². The lowest BCUT2D eigenvalue weighted by atomic mass is 10.0. The zero-order valence-corrected chi connectivity index (χ0v) is 20.8. The van der Waals surface area contributed by atoms with Crippen LogP contribution in [0.15, 0.2) is 24.8 Å². The number of hydrogen-bond acceptors (Lipinski definition) is 12. The molecule has 3 N–H and O–H groups in total. The number of anilines is 2. The van der Waals surface area contributed by atoms with Gasteiger partial charge in [-0.05, 0) is 6.07 Å². The van der Waals surface area contributed by atoms with Crippen LogP contribution in [0.3, 0.4) is 0 Å². The van der Waals surface area contributed by atoms with Crippen LogP contribution >= 0.6 is 11.3 Å². The molecule has 0 aliphatic heterocycles. The molecule has 1 amide bonds. The quantitative estimate of drug-likeness (QED) is 0.310. The van der Waals surface area contributed by atoms with Crippen LogP contribution in [0.2, 0.25) is 0 Å². The number of thiazole rings is 1. The molecule has 0 saturated carbocycles. The van der Waals surface area contributed by atoms with E-state index >= 15 is 0 Å². The van der Waals surface area contributed by atoms with E-state index in [9.17, 15) is 32.3 Å². The first-order valence-electron chi connectivity index (χ1n) is 10.5. The Morgan fingerprint density at radius 3 is 2.37 bits per heavy atom. The smallest absolute Gasteiger partial charge is 0.417 e.